The molecule has 1 amide bonds. The summed E-state index contributed by atoms with van der Waals surface area (Å²) >= 11 is 5.75. The van der Waals surface area contributed by atoms with Crippen molar-refractivity contribution in [2.75, 3.05) is 5.32 Å². The maximum atomic E-state index is 12.1. The maximum Gasteiger partial charge on any atom is 0.573 e. The predicted octanol–water partition coefficient (Wildman–Crippen LogP) is 5.09. The fourth-order valence-corrected chi connectivity index (χ4v) is 2.01. The van der Waals surface area contributed by atoms with Gasteiger partial charge in [0.2, 0.25) is 0 Å². The summed E-state index contributed by atoms with van der Waals surface area (Å²) in [5, 5.41) is 2.27. The first-order chi connectivity index (χ1) is 11.6. The molecule has 0 aliphatic rings. The van der Waals surface area contributed by atoms with Crippen LogP contribution >= 0.6 is 11.6 Å². The van der Waals surface area contributed by atoms with Crippen LogP contribution in [0.15, 0.2) is 42.5 Å². The van der Waals surface area contributed by atoms with Gasteiger partial charge in [0, 0.05) is 11.3 Å². The second kappa shape index (κ2) is 7.56. The lowest BCUT2D eigenvalue weighted by Gasteiger charge is -2.11. The van der Waals surface area contributed by atoms with Crippen molar-refractivity contribution in [3.63, 3.8) is 0 Å². The highest BCUT2D eigenvalue weighted by Crippen LogP contribution is 2.29. The number of hydrogen-bond donors (Lipinski definition) is 1. The summed E-state index contributed by atoms with van der Waals surface area (Å²) in [7, 11) is 0. The summed E-state index contributed by atoms with van der Waals surface area (Å²) in [6, 6.07) is 7.84. The minimum absolute atomic E-state index is 0.0542. The van der Waals surface area contributed by atoms with Gasteiger partial charge in [-0.2, -0.15) is 8.78 Å². The molecule has 0 fully saturated rings. The number of carbonyl (C=O) groups excluding carboxylic acids is 1. The van der Waals surface area contributed by atoms with Gasteiger partial charge in [-0.25, -0.2) is 0 Å². The average molecular weight is 382 g/mol. The predicted molar refractivity (Wildman–Crippen MR) is 79.2 cm³/mol. The lowest BCUT2D eigenvalue weighted by molar-refractivity contribution is -0.274. The van der Waals surface area contributed by atoms with Gasteiger partial charge in [-0.15, -0.1) is 13.2 Å². The number of nitrogens with one attached hydrogen (secondary N) is 1. The average Bonchev–Trinajstić information content (AvgIpc) is 2.48. The van der Waals surface area contributed by atoms with Crippen molar-refractivity contribution in [1.82, 2.24) is 0 Å². The van der Waals surface area contributed by atoms with Gasteiger partial charge < -0.3 is 14.8 Å². The number of anilines is 1. The summed E-state index contributed by atoms with van der Waals surface area (Å²) in [4.78, 5) is 12.0. The normalized spacial score (nSPS) is 11.3. The van der Waals surface area contributed by atoms with Crippen molar-refractivity contribution >= 4 is 23.2 Å². The molecule has 0 radical (unpaired) electrons. The van der Waals surface area contributed by atoms with E-state index in [1.165, 1.54) is 12.1 Å². The van der Waals surface area contributed by atoms with E-state index in [9.17, 15) is 26.7 Å². The highest BCUT2D eigenvalue weighted by molar-refractivity contribution is 6.32. The lowest BCUT2D eigenvalue weighted by atomic mass is 10.2. The molecule has 0 spiro atoms. The minimum atomic E-state index is -4.83. The largest absolute Gasteiger partial charge is 0.573 e. The van der Waals surface area contributed by atoms with E-state index in [0.29, 0.717) is 0 Å². The maximum absolute atomic E-state index is 12.1. The molecule has 2 aromatic carbocycles. The van der Waals surface area contributed by atoms with E-state index in [1.807, 2.05) is 0 Å². The van der Waals surface area contributed by atoms with Crippen LogP contribution in [0, 0.1) is 0 Å². The molecule has 0 saturated heterocycles. The smallest absolute Gasteiger partial charge is 0.433 e. The highest BCUT2D eigenvalue weighted by Gasteiger charge is 2.31. The van der Waals surface area contributed by atoms with Gasteiger partial charge in [-0.05, 0) is 42.5 Å². The molecule has 0 aromatic heterocycles. The molecule has 1 N–H and O–H groups in total. The summed E-state index contributed by atoms with van der Waals surface area (Å²) in [5.41, 5.74) is 0.241. The first-order valence-corrected chi connectivity index (χ1v) is 6.93. The highest BCUT2D eigenvalue weighted by atomic mass is 35.5. The number of amides is 1. The van der Waals surface area contributed by atoms with Gasteiger partial charge >= 0.3 is 13.0 Å². The Morgan fingerprint density at radius 1 is 1.08 bits per heavy atom. The molecule has 2 rings (SSSR count). The van der Waals surface area contributed by atoms with Crippen molar-refractivity contribution in [3.05, 3.63) is 53.1 Å². The molecule has 134 valence electrons. The second-order valence-electron chi connectivity index (χ2n) is 4.55. The van der Waals surface area contributed by atoms with Crippen LogP contribution in [0.3, 0.4) is 0 Å². The van der Waals surface area contributed by atoms with Gasteiger partial charge in [-0.3, -0.25) is 4.79 Å². The fourth-order valence-electron chi connectivity index (χ4n) is 1.78. The van der Waals surface area contributed by atoms with Gasteiger partial charge in [0.05, 0.1) is 5.02 Å². The van der Waals surface area contributed by atoms with E-state index in [1.54, 1.807) is 0 Å². The van der Waals surface area contributed by atoms with Crippen molar-refractivity contribution in [2.45, 2.75) is 13.0 Å². The quantitative estimate of drug-likeness (QED) is 0.734. The van der Waals surface area contributed by atoms with Crippen LogP contribution in [0.1, 0.15) is 10.4 Å². The molecule has 10 heteroatoms. The van der Waals surface area contributed by atoms with Crippen LogP contribution in [0.2, 0.25) is 5.02 Å². The molecule has 0 atom stereocenters. The number of ether oxygens (including phenoxy) is 2. The van der Waals surface area contributed by atoms with Crippen molar-refractivity contribution < 1.29 is 36.2 Å². The van der Waals surface area contributed by atoms with Crippen LogP contribution in [0.4, 0.5) is 27.6 Å². The Morgan fingerprint density at radius 2 is 1.72 bits per heavy atom. The van der Waals surface area contributed by atoms with Gasteiger partial charge in [-0.1, -0.05) is 11.6 Å². The second-order valence-corrected chi connectivity index (χ2v) is 4.96. The molecule has 0 heterocycles. The van der Waals surface area contributed by atoms with Crippen molar-refractivity contribution in [2.24, 2.45) is 0 Å². The first kappa shape index (κ1) is 18.8. The Kier molecular flexibility index (Phi) is 5.68. The topological polar surface area (TPSA) is 47.6 Å². The van der Waals surface area contributed by atoms with E-state index >= 15 is 0 Å². The van der Waals surface area contributed by atoms with Crippen LogP contribution < -0.4 is 14.8 Å². The van der Waals surface area contributed by atoms with Crippen LogP contribution in [-0.4, -0.2) is 18.9 Å². The van der Waals surface area contributed by atoms with E-state index < -0.39 is 24.6 Å². The molecule has 0 saturated carbocycles. The van der Waals surface area contributed by atoms with Crippen LogP contribution in [0.5, 0.6) is 11.5 Å². The number of rotatable bonds is 5. The van der Waals surface area contributed by atoms with E-state index in [4.69, 9.17) is 11.6 Å². The standard InChI is InChI=1S/C15H9ClF5NO3/c16-11-7-9(3-6-12(11)24-14(17)18)22-13(23)8-1-4-10(5-2-8)25-15(19,20)21/h1-7,14H,(H,22,23). The zero-order valence-corrected chi connectivity index (χ0v) is 12.9. The molecule has 25 heavy (non-hydrogen) atoms. The monoisotopic (exact) mass is 381 g/mol. The summed E-state index contributed by atoms with van der Waals surface area (Å²) in [5.74, 6) is -1.37. The molecule has 4 nitrogen and oxygen atoms in total. The Hall–Kier alpha value is -2.55. The first-order valence-electron chi connectivity index (χ1n) is 6.55. The molecule has 2 aromatic rings. The fraction of sp³-hybridized carbons (Fsp3) is 0.133. The third-order valence-corrected chi connectivity index (χ3v) is 3.05. The van der Waals surface area contributed by atoms with Gasteiger partial charge in [0.15, 0.2) is 0 Å². The Morgan fingerprint density at radius 3 is 2.24 bits per heavy atom. The summed E-state index contributed by atoms with van der Waals surface area (Å²) in [6.07, 6.45) is -4.83. The Labute approximate surface area is 143 Å². The van der Waals surface area contributed by atoms with E-state index in [0.717, 1.165) is 30.3 Å². The third kappa shape index (κ3) is 5.79. The number of alkyl halides is 5. The zero-order chi connectivity index (χ0) is 18.6. The Bertz CT molecular complexity index is 750. The molecule has 0 bridgehead atoms. The number of halogens is 6. The molecule has 0 unspecified atom stereocenters. The van der Waals surface area contributed by atoms with Crippen molar-refractivity contribution in [3.8, 4) is 11.5 Å². The zero-order valence-electron chi connectivity index (χ0n) is 12.1. The van der Waals surface area contributed by atoms with Gasteiger partial charge in [0.1, 0.15) is 11.5 Å². The Balaban J connectivity index is 2.05. The summed E-state index contributed by atoms with van der Waals surface area (Å²) < 4.78 is 68.3. The summed E-state index contributed by atoms with van der Waals surface area (Å²) in [6.45, 7) is -3.05. The molecule has 0 aliphatic heterocycles. The van der Waals surface area contributed by atoms with Gasteiger partial charge in [0.25, 0.3) is 5.91 Å². The number of hydrogen-bond acceptors (Lipinski definition) is 3. The third-order valence-electron chi connectivity index (χ3n) is 2.76. The molecule has 0 aliphatic carbocycles. The minimum Gasteiger partial charge on any atom is -0.433 e. The van der Waals surface area contributed by atoms with Crippen LogP contribution in [0.25, 0.3) is 0 Å². The van der Waals surface area contributed by atoms with Crippen molar-refractivity contribution in [1.29, 1.82) is 0 Å². The number of carbonyl (C=O) groups is 1. The SMILES string of the molecule is O=C(Nc1ccc(OC(F)F)c(Cl)c1)c1ccc(OC(F)(F)F)cc1. The molecular formula is C15H9ClF5NO3. The van der Waals surface area contributed by atoms with E-state index in [-0.39, 0.29) is 22.0 Å². The van der Waals surface area contributed by atoms with Crippen LogP contribution in [-0.2, 0) is 0 Å². The van der Waals surface area contributed by atoms with E-state index in [2.05, 4.69) is 14.8 Å². The molecular weight excluding hydrogens is 373 g/mol. The lowest BCUT2D eigenvalue weighted by Crippen LogP contribution is -2.17. The number of benzene rings is 2.